The molecule has 1 unspecified atom stereocenters. The normalized spacial score (nSPS) is 24.6. The predicted octanol–water partition coefficient (Wildman–Crippen LogP) is 2.40. The van der Waals surface area contributed by atoms with E-state index < -0.39 is 0 Å². The number of aliphatic imine (C=N–C) groups is 1. The molecule has 4 rings (SSSR count). The van der Waals surface area contributed by atoms with Gasteiger partial charge in [0, 0.05) is 38.0 Å². The zero-order valence-corrected chi connectivity index (χ0v) is 18.3. The smallest absolute Gasteiger partial charge is 0.220 e. The largest absolute Gasteiger partial charge is 0.372 e. The predicted molar refractivity (Wildman–Crippen MR) is 116 cm³/mol. The minimum absolute atomic E-state index is 0. The van der Waals surface area contributed by atoms with Crippen molar-refractivity contribution in [2.75, 3.05) is 26.2 Å². The van der Waals surface area contributed by atoms with Crippen molar-refractivity contribution in [3.63, 3.8) is 0 Å². The number of guanidine groups is 1. The second-order valence-corrected chi connectivity index (χ2v) is 7.74. The highest BCUT2D eigenvalue weighted by Gasteiger charge is 2.42. The van der Waals surface area contributed by atoms with E-state index in [4.69, 9.17) is 9.73 Å². The molecule has 1 atom stereocenters. The van der Waals surface area contributed by atoms with Crippen LogP contribution in [-0.4, -0.2) is 42.9 Å². The third kappa shape index (κ3) is 4.56. The third-order valence-electron chi connectivity index (χ3n) is 5.69. The van der Waals surface area contributed by atoms with Gasteiger partial charge in [0.05, 0.1) is 19.8 Å². The Labute approximate surface area is 178 Å². The van der Waals surface area contributed by atoms with Crippen molar-refractivity contribution in [1.29, 1.82) is 0 Å². The highest BCUT2D eigenvalue weighted by Crippen LogP contribution is 2.36. The van der Waals surface area contributed by atoms with Crippen molar-refractivity contribution in [1.82, 2.24) is 15.5 Å². The lowest BCUT2D eigenvalue weighted by Crippen LogP contribution is -2.51. The maximum atomic E-state index is 11.7. The molecule has 1 amide bonds. The van der Waals surface area contributed by atoms with Gasteiger partial charge in [-0.15, -0.1) is 24.0 Å². The molecule has 27 heavy (non-hydrogen) atoms. The lowest BCUT2D eigenvalue weighted by atomic mass is 9.79. The number of likely N-dealkylation sites (tertiary alicyclic amines) is 1. The molecule has 1 aromatic carbocycles. The van der Waals surface area contributed by atoms with Crippen molar-refractivity contribution >= 4 is 35.8 Å². The molecule has 2 fully saturated rings. The molecule has 3 heterocycles. The Bertz CT molecular complexity index is 724. The van der Waals surface area contributed by atoms with E-state index in [1.807, 2.05) is 0 Å². The molecule has 3 aliphatic heterocycles. The molecule has 2 N–H and O–H groups in total. The molecule has 1 aromatic rings. The molecule has 6 nitrogen and oxygen atoms in total. The number of benzene rings is 1. The molecule has 0 aromatic heterocycles. The van der Waals surface area contributed by atoms with Gasteiger partial charge in [0.25, 0.3) is 0 Å². The Kier molecular flexibility index (Phi) is 6.62. The van der Waals surface area contributed by atoms with Gasteiger partial charge in [-0.25, -0.2) is 4.99 Å². The van der Waals surface area contributed by atoms with E-state index >= 15 is 0 Å². The van der Waals surface area contributed by atoms with Gasteiger partial charge in [-0.05, 0) is 36.5 Å². The van der Waals surface area contributed by atoms with Crippen molar-refractivity contribution in [2.45, 2.75) is 45.9 Å². The van der Waals surface area contributed by atoms with Gasteiger partial charge in [0.15, 0.2) is 5.96 Å². The maximum absolute atomic E-state index is 11.7. The Morgan fingerprint density at radius 3 is 3.00 bits per heavy atom. The number of piperidine rings is 1. The number of halogens is 1. The number of hydrogen-bond acceptors (Lipinski definition) is 3. The molecule has 1 spiro atoms. The minimum Gasteiger partial charge on any atom is -0.372 e. The second-order valence-electron chi connectivity index (χ2n) is 7.74. The monoisotopic (exact) mass is 484 g/mol. The molecule has 2 saturated heterocycles. The maximum Gasteiger partial charge on any atom is 0.220 e. The number of amides is 1. The topological polar surface area (TPSA) is 66.0 Å². The Morgan fingerprint density at radius 2 is 2.22 bits per heavy atom. The highest BCUT2D eigenvalue weighted by molar-refractivity contribution is 14.0. The van der Waals surface area contributed by atoms with Gasteiger partial charge in [0.1, 0.15) is 0 Å². The Hall–Kier alpha value is -1.35. The van der Waals surface area contributed by atoms with Gasteiger partial charge < -0.3 is 20.3 Å². The number of nitrogens with zero attached hydrogens (tertiary/aromatic N) is 2. The number of ether oxygens (including phenoxy) is 1. The van der Waals surface area contributed by atoms with Gasteiger partial charge >= 0.3 is 0 Å². The van der Waals surface area contributed by atoms with E-state index in [1.165, 1.54) is 16.7 Å². The van der Waals surface area contributed by atoms with Crippen molar-refractivity contribution < 1.29 is 9.53 Å². The number of hydrogen-bond donors (Lipinski definition) is 2. The Morgan fingerprint density at radius 1 is 1.37 bits per heavy atom. The van der Waals surface area contributed by atoms with Crippen LogP contribution in [0.2, 0.25) is 0 Å². The summed E-state index contributed by atoms with van der Waals surface area (Å²) in [4.78, 5) is 19.0. The van der Waals surface area contributed by atoms with E-state index in [0.29, 0.717) is 19.6 Å². The minimum atomic E-state index is 0. The van der Waals surface area contributed by atoms with Crippen LogP contribution in [0.4, 0.5) is 0 Å². The van der Waals surface area contributed by atoms with Gasteiger partial charge in [-0.3, -0.25) is 4.79 Å². The summed E-state index contributed by atoms with van der Waals surface area (Å²) >= 11 is 0. The molecule has 3 aliphatic rings. The summed E-state index contributed by atoms with van der Waals surface area (Å²) in [5.74, 6) is 1.15. The fraction of sp³-hybridized carbons (Fsp3) is 0.600. The number of fused-ring (bicyclic) bond motifs is 1. The fourth-order valence-corrected chi connectivity index (χ4v) is 4.34. The Balaban J connectivity index is 0.00000210. The lowest BCUT2D eigenvalue weighted by Gasteiger charge is -2.40. The van der Waals surface area contributed by atoms with Crippen LogP contribution in [0.1, 0.15) is 42.9 Å². The van der Waals surface area contributed by atoms with E-state index in [9.17, 15) is 4.79 Å². The molecule has 148 valence electrons. The zero-order chi connectivity index (χ0) is 18.0. The van der Waals surface area contributed by atoms with E-state index in [-0.39, 0.29) is 35.3 Å². The standard InChI is InChI=1S/C20H28N4O2.HI/c1-2-21-19(22-10-15-4-5-16-11-26-12-17(16)8-15)24-7-3-6-20(14-24)9-18(25)23-13-20;/h4-5,8H,2-3,6-7,9-14H2,1H3,(H,21,22)(H,23,25);1H. The first-order valence-electron chi connectivity index (χ1n) is 9.66. The average molecular weight is 484 g/mol. The summed E-state index contributed by atoms with van der Waals surface area (Å²) in [7, 11) is 0. The van der Waals surface area contributed by atoms with Gasteiger partial charge in [-0.1, -0.05) is 18.2 Å². The number of rotatable bonds is 3. The van der Waals surface area contributed by atoms with Crippen LogP contribution in [-0.2, 0) is 29.3 Å². The number of carbonyl (C=O) groups is 1. The number of nitrogens with one attached hydrogen (secondary N) is 2. The average Bonchev–Trinajstić information content (AvgIpc) is 3.25. The molecule has 7 heteroatoms. The first-order chi connectivity index (χ1) is 12.7. The third-order valence-corrected chi connectivity index (χ3v) is 5.69. The number of carbonyl (C=O) groups excluding carboxylic acids is 1. The van der Waals surface area contributed by atoms with E-state index in [2.05, 4.69) is 40.7 Å². The summed E-state index contributed by atoms with van der Waals surface area (Å²) < 4.78 is 5.50. The summed E-state index contributed by atoms with van der Waals surface area (Å²) in [6, 6.07) is 6.52. The molecular formula is C20H29IN4O2. The summed E-state index contributed by atoms with van der Waals surface area (Å²) in [6.07, 6.45) is 2.87. The molecule has 0 bridgehead atoms. The van der Waals surface area contributed by atoms with Crippen LogP contribution in [0.5, 0.6) is 0 Å². The molecule has 0 saturated carbocycles. The van der Waals surface area contributed by atoms with Crippen LogP contribution < -0.4 is 10.6 Å². The summed E-state index contributed by atoms with van der Waals surface area (Å²) in [6.45, 7) is 7.74. The van der Waals surface area contributed by atoms with E-state index in [0.717, 1.165) is 51.6 Å². The van der Waals surface area contributed by atoms with Crippen molar-refractivity contribution in [2.24, 2.45) is 10.4 Å². The van der Waals surface area contributed by atoms with Crippen LogP contribution >= 0.6 is 24.0 Å². The second kappa shape index (κ2) is 8.77. The fourth-order valence-electron chi connectivity index (χ4n) is 4.34. The van der Waals surface area contributed by atoms with Crippen LogP contribution in [0.25, 0.3) is 0 Å². The first kappa shape index (κ1) is 20.4. The quantitative estimate of drug-likeness (QED) is 0.393. The van der Waals surface area contributed by atoms with Gasteiger partial charge in [-0.2, -0.15) is 0 Å². The highest BCUT2D eigenvalue weighted by atomic mass is 127. The van der Waals surface area contributed by atoms with Crippen LogP contribution in [0.3, 0.4) is 0 Å². The first-order valence-corrected chi connectivity index (χ1v) is 9.66. The SMILES string of the molecule is CCNC(=NCc1ccc2c(c1)COC2)N1CCCC2(CNC(=O)C2)C1.I. The van der Waals surface area contributed by atoms with Crippen molar-refractivity contribution in [3.05, 3.63) is 34.9 Å². The van der Waals surface area contributed by atoms with Crippen LogP contribution in [0, 0.1) is 5.41 Å². The molecule has 0 radical (unpaired) electrons. The van der Waals surface area contributed by atoms with E-state index in [1.54, 1.807) is 0 Å². The summed E-state index contributed by atoms with van der Waals surface area (Å²) in [5.41, 5.74) is 3.88. The lowest BCUT2D eigenvalue weighted by molar-refractivity contribution is -0.119. The van der Waals surface area contributed by atoms with Crippen molar-refractivity contribution in [3.8, 4) is 0 Å². The summed E-state index contributed by atoms with van der Waals surface area (Å²) in [5, 5.41) is 6.45. The van der Waals surface area contributed by atoms with Gasteiger partial charge in [0.2, 0.25) is 5.91 Å². The molecular weight excluding hydrogens is 455 g/mol. The van der Waals surface area contributed by atoms with Crippen LogP contribution in [0.15, 0.2) is 23.2 Å². The molecule has 0 aliphatic carbocycles. The zero-order valence-electron chi connectivity index (χ0n) is 15.9.